The Kier molecular flexibility index (Phi) is 4.11. The summed E-state index contributed by atoms with van der Waals surface area (Å²) in [6.07, 6.45) is 3.35. The van der Waals surface area contributed by atoms with Crippen LogP contribution in [0.2, 0.25) is 0 Å². The van der Waals surface area contributed by atoms with Crippen molar-refractivity contribution in [3.05, 3.63) is 53.0 Å². The molecule has 0 saturated carbocycles. The third kappa shape index (κ3) is 3.71. The van der Waals surface area contributed by atoms with E-state index in [9.17, 15) is 0 Å². The van der Waals surface area contributed by atoms with E-state index in [1.807, 2.05) is 0 Å². The molecule has 2 rings (SSSR count). The Morgan fingerprint density at radius 1 is 1.11 bits per heavy atom. The molecule has 0 aliphatic carbocycles. The van der Waals surface area contributed by atoms with Gasteiger partial charge in [-0.25, -0.2) is 4.85 Å². The van der Waals surface area contributed by atoms with Gasteiger partial charge >= 0.3 is 0 Å². The summed E-state index contributed by atoms with van der Waals surface area (Å²) in [5.74, 6) is 0.149. The van der Waals surface area contributed by atoms with Crippen molar-refractivity contribution in [3.63, 3.8) is 0 Å². The SMILES string of the molecule is [C-]#[N+]c1ccc(/C=C/c2nnc(C(Cl)(Cl)Cl)o2)cc1. The van der Waals surface area contributed by atoms with Crippen LogP contribution in [0, 0.1) is 6.57 Å². The maximum absolute atomic E-state index is 6.85. The number of halogens is 3. The first-order valence-electron chi connectivity index (χ1n) is 5.05. The van der Waals surface area contributed by atoms with Crippen LogP contribution in [-0.2, 0) is 3.79 Å². The van der Waals surface area contributed by atoms with Gasteiger partial charge in [0, 0.05) is 6.08 Å². The highest BCUT2D eigenvalue weighted by molar-refractivity contribution is 6.66. The third-order valence-corrected chi connectivity index (χ3v) is 2.61. The molecular weight excluding hydrogens is 309 g/mol. The molecule has 0 aliphatic rings. The summed E-state index contributed by atoms with van der Waals surface area (Å²) >= 11 is 16.8. The lowest BCUT2D eigenvalue weighted by molar-refractivity contribution is 0.493. The second-order valence-electron chi connectivity index (χ2n) is 3.48. The summed E-state index contributed by atoms with van der Waals surface area (Å²) in [4.78, 5) is 3.30. The van der Waals surface area contributed by atoms with Crippen molar-refractivity contribution in [2.75, 3.05) is 0 Å². The Morgan fingerprint density at radius 2 is 1.79 bits per heavy atom. The summed E-state index contributed by atoms with van der Waals surface area (Å²) in [5.41, 5.74) is 1.47. The van der Waals surface area contributed by atoms with E-state index in [-0.39, 0.29) is 11.8 Å². The van der Waals surface area contributed by atoms with Crippen LogP contribution >= 0.6 is 34.8 Å². The standard InChI is InChI=1S/C12H6Cl3N3O/c1-16-9-5-2-8(3-6-9)4-7-10-17-18-11(19-10)12(13,14)15/h2-7H/b7-4+. The molecule has 0 aliphatic heterocycles. The van der Waals surface area contributed by atoms with Crippen LogP contribution in [0.4, 0.5) is 5.69 Å². The highest BCUT2D eigenvalue weighted by Crippen LogP contribution is 2.37. The maximum Gasteiger partial charge on any atom is 0.268 e. The monoisotopic (exact) mass is 313 g/mol. The van der Waals surface area contributed by atoms with Gasteiger partial charge in [-0.15, -0.1) is 10.2 Å². The molecule has 19 heavy (non-hydrogen) atoms. The van der Waals surface area contributed by atoms with Gasteiger partial charge in [0.25, 0.3) is 9.68 Å². The topological polar surface area (TPSA) is 43.3 Å². The first-order chi connectivity index (χ1) is 8.99. The smallest absolute Gasteiger partial charge is 0.268 e. The molecule has 0 radical (unpaired) electrons. The fourth-order valence-corrected chi connectivity index (χ4v) is 1.47. The van der Waals surface area contributed by atoms with E-state index in [1.54, 1.807) is 36.4 Å². The van der Waals surface area contributed by atoms with Crippen LogP contribution in [0.3, 0.4) is 0 Å². The number of hydrogen-bond donors (Lipinski definition) is 0. The molecule has 0 amide bonds. The highest BCUT2D eigenvalue weighted by Gasteiger charge is 2.29. The number of hydrogen-bond acceptors (Lipinski definition) is 3. The van der Waals surface area contributed by atoms with E-state index in [0.717, 1.165) is 5.56 Å². The van der Waals surface area contributed by atoms with Crippen LogP contribution in [0.1, 0.15) is 17.3 Å². The number of alkyl halides is 3. The van der Waals surface area contributed by atoms with E-state index in [4.69, 9.17) is 45.8 Å². The third-order valence-electron chi connectivity index (χ3n) is 2.12. The predicted octanol–water partition coefficient (Wildman–Crippen LogP) is 4.62. The number of aromatic nitrogens is 2. The minimum Gasteiger partial charge on any atom is -0.417 e. The summed E-state index contributed by atoms with van der Waals surface area (Å²) in [7, 11) is 0. The molecule has 1 aromatic carbocycles. The summed E-state index contributed by atoms with van der Waals surface area (Å²) < 4.78 is 3.44. The van der Waals surface area contributed by atoms with E-state index in [1.165, 1.54) is 0 Å². The molecule has 0 fully saturated rings. The Morgan fingerprint density at radius 3 is 2.32 bits per heavy atom. The summed E-state index contributed by atoms with van der Waals surface area (Å²) in [5, 5.41) is 7.35. The number of benzene rings is 1. The molecule has 0 atom stereocenters. The lowest BCUT2D eigenvalue weighted by Crippen LogP contribution is -1.99. The number of rotatable bonds is 2. The molecule has 0 bridgehead atoms. The molecule has 2 aromatic rings. The normalized spacial score (nSPS) is 11.7. The van der Waals surface area contributed by atoms with Gasteiger partial charge in [0.05, 0.1) is 6.57 Å². The van der Waals surface area contributed by atoms with Gasteiger partial charge in [-0.05, 0) is 11.6 Å². The molecule has 96 valence electrons. The highest BCUT2D eigenvalue weighted by atomic mass is 35.6. The molecule has 0 unspecified atom stereocenters. The molecule has 0 saturated heterocycles. The molecule has 4 nitrogen and oxygen atoms in total. The van der Waals surface area contributed by atoms with Crippen molar-refractivity contribution < 1.29 is 4.42 Å². The second kappa shape index (κ2) is 5.62. The molecule has 0 spiro atoms. The molecule has 0 N–H and O–H groups in total. The van der Waals surface area contributed by atoms with E-state index in [2.05, 4.69) is 15.0 Å². The van der Waals surface area contributed by atoms with Gasteiger partial charge in [0.1, 0.15) is 0 Å². The van der Waals surface area contributed by atoms with Gasteiger partial charge in [-0.1, -0.05) is 59.1 Å². The Labute approximate surface area is 124 Å². The van der Waals surface area contributed by atoms with Gasteiger partial charge in [-0.2, -0.15) is 0 Å². The van der Waals surface area contributed by atoms with Crippen LogP contribution in [0.25, 0.3) is 17.0 Å². The molecule has 1 aromatic heterocycles. The van der Waals surface area contributed by atoms with Crippen molar-refractivity contribution in [2.24, 2.45) is 0 Å². The summed E-state index contributed by atoms with van der Waals surface area (Å²) in [6, 6.07) is 7.03. The lowest BCUT2D eigenvalue weighted by Gasteiger charge is -2.01. The lowest BCUT2D eigenvalue weighted by atomic mass is 10.2. The zero-order valence-electron chi connectivity index (χ0n) is 9.35. The fourth-order valence-electron chi connectivity index (χ4n) is 1.24. The Bertz CT molecular complexity index is 635. The minimum absolute atomic E-state index is 0.0829. The van der Waals surface area contributed by atoms with Crippen molar-refractivity contribution in [1.29, 1.82) is 0 Å². The molecule has 7 heteroatoms. The van der Waals surface area contributed by atoms with Crippen LogP contribution in [-0.4, -0.2) is 10.2 Å². The second-order valence-corrected chi connectivity index (χ2v) is 5.76. The largest absolute Gasteiger partial charge is 0.417 e. The van der Waals surface area contributed by atoms with E-state index in [0.29, 0.717) is 5.69 Å². The fraction of sp³-hybridized carbons (Fsp3) is 0.0833. The van der Waals surface area contributed by atoms with Crippen molar-refractivity contribution in [1.82, 2.24) is 10.2 Å². The minimum atomic E-state index is -1.73. The van der Waals surface area contributed by atoms with Gasteiger partial charge in [0.2, 0.25) is 5.89 Å². The van der Waals surface area contributed by atoms with Crippen molar-refractivity contribution >= 4 is 52.6 Å². The van der Waals surface area contributed by atoms with E-state index < -0.39 is 3.79 Å². The average molecular weight is 315 g/mol. The summed E-state index contributed by atoms with van der Waals surface area (Å²) in [6.45, 7) is 6.85. The van der Waals surface area contributed by atoms with Crippen molar-refractivity contribution in [3.8, 4) is 0 Å². The Hall–Kier alpha value is -1.54. The van der Waals surface area contributed by atoms with Crippen LogP contribution in [0.5, 0.6) is 0 Å². The predicted molar refractivity (Wildman–Crippen MR) is 75.2 cm³/mol. The van der Waals surface area contributed by atoms with Crippen LogP contribution < -0.4 is 0 Å². The number of nitrogens with zero attached hydrogens (tertiary/aromatic N) is 3. The maximum atomic E-state index is 6.85. The van der Waals surface area contributed by atoms with Gasteiger partial charge in [-0.3, -0.25) is 0 Å². The Balaban J connectivity index is 2.14. The zero-order chi connectivity index (χ0) is 13.9. The van der Waals surface area contributed by atoms with Gasteiger partial charge in [0.15, 0.2) is 5.69 Å². The van der Waals surface area contributed by atoms with Crippen LogP contribution in [0.15, 0.2) is 28.7 Å². The quantitative estimate of drug-likeness (QED) is 0.600. The molecule has 1 heterocycles. The van der Waals surface area contributed by atoms with Gasteiger partial charge < -0.3 is 4.42 Å². The zero-order valence-corrected chi connectivity index (χ0v) is 11.6. The first kappa shape index (κ1) is 13.9. The van der Waals surface area contributed by atoms with E-state index >= 15 is 0 Å². The average Bonchev–Trinajstić information content (AvgIpc) is 2.86. The molecular formula is C12H6Cl3N3O. The van der Waals surface area contributed by atoms with Crippen molar-refractivity contribution in [2.45, 2.75) is 3.79 Å². The first-order valence-corrected chi connectivity index (χ1v) is 6.19.